The number of rotatable bonds is 6. The molecule has 33 heavy (non-hydrogen) atoms. The van der Waals surface area contributed by atoms with Gasteiger partial charge in [0.05, 0.1) is 23.7 Å². The molecule has 3 heterocycles. The Balaban J connectivity index is 2.11. The van der Waals surface area contributed by atoms with Gasteiger partial charge in [0, 0.05) is 26.7 Å². The molecule has 0 aromatic carbocycles. The van der Waals surface area contributed by atoms with E-state index < -0.39 is 16.1 Å². The summed E-state index contributed by atoms with van der Waals surface area (Å²) in [5, 5.41) is 3.01. The highest BCUT2D eigenvalue weighted by atomic mass is 35.5. The van der Waals surface area contributed by atoms with Crippen molar-refractivity contribution in [3.05, 3.63) is 47.3 Å². The van der Waals surface area contributed by atoms with Crippen molar-refractivity contribution in [1.82, 2.24) is 29.5 Å². The number of halogens is 1. The van der Waals surface area contributed by atoms with E-state index >= 15 is 0 Å². The van der Waals surface area contributed by atoms with Crippen LogP contribution < -0.4 is 5.32 Å². The molecule has 13 heteroatoms. The number of hydrogen-bond acceptors (Lipinski definition) is 8. The Morgan fingerprint density at radius 2 is 1.91 bits per heavy atom. The number of carbonyl (C=O) groups excluding carboxylic acids is 2. The largest absolute Gasteiger partial charge is 0.354 e. The highest BCUT2D eigenvalue weighted by Gasteiger charge is 2.35. The number of carbonyl (C=O) groups is 2. The van der Waals surface area contributed by atoms with Crippen LogP contribution in [0.2, 0.25) is 5.15 Å². The molecule has 0 saturated carbocycles. The molecule has 1 fully saturated rings. The van der Waals surface area contributed by atoms with Gasteiger partial charge in [-0.3, -0.25) is 9.59 Å². The molecular formula is C20H23ClN6O4S2. The van der Waals surface area contributed by atoms with Crippen LogP contribution in [0.15, 0.2) is 36.0 Å². The fraction of sp³-hybridized carbons (Fsp3) is 0.350. The third-order valence-electron chi connectivity index (χ3n) is 5.06. The van der Waals surface area contributed by atoms with Crippen LogP contribution in [0.4, 0.5) is 0 Å². The summed E-state index contributed by atoms with van der Waals surface area (Å²) < 4.78 is 26.3. The van der Waals surface area contributed by atoms with E-state index in [1.54, 1.807) is 18.4 Å². The van der Waals surface area contributed by atoms with Crippen LogP contribution in [0.3, 0.4) is 0 Å². The summed E-state index contributed by atoms with van der Waals surface area (Å²) in [7, 11) is -2.08. The number of pyridine rings is 1. The third-order valence-corrected chi connectivity index (χ3v) is 7.09. The molecule has 176 valence electrons. The Morgan fingerprint density at radius 3 is 2.52 bits per heavy atom. The fourth-order valence-electron chi connectivity index (χ4n) is 3.50. The first-order valence-corrected chi connectivity index (χ1v) is 13.2. The minimum atomic E-state index is -3.58. The van der Waals surface area contributed by atoms with Crippen LogP contribution in [0, 0.1) is 0 Å². The number of aromatic nitrogens is 3. The predicted molar refractivity (Wildman–Crippen MR) is 127 cm³/mol. The first kappa shape index (κ1) is 25.1. The van der Waals surface area contributed by atoms with Crippen LogP contribution >= 0.6 is 23.4 Å². The second-order valence-corrected chi connectivity index (χ2v) is 10.3. The zero-order chi connectivity index (χ0) is 24.3. The fourth-order valence-corrected chi connectivity index (χ4v) is 5.16. The molecule has 2 amide bonds. The molecular weight excluding hydrogens is 488 g/mol. The van der Waals surface area contributed by atoms with Gasteiger partial charge < -0.3 is 10.2 Å². The van der Waals surface area contributed by atoms with Crippen molar-refractivity contribution in [2.24, 2.45) is 0 Å². The minimum absolute atomic E-state index is 0.119. The van der Waals surface area contributed by atoms with E-state index in [4.69, 9.17) is 11.6 Å². The second-order valence-electron chi connectivity index (χ2n) is 7.19. The molecule has 1 aliphatic rings. The number of nitrogens with zero attached hydrogens (tertiary/aromatic N) is 5. The Kier molecular flexibility index (Phi) is 7.73. The molecule has 0 bridgehead atoms. The Bertz CT molecular complexity index is 1210. The van der Waals surface area contributed by atoms with Gasteiger partial charge in [0.25, 0.3) is 5.91 Å². The van der Waals surface area contributed by atoms with E-state index in [1.165, 1.54) is 40.2 Å². The van der Waals surface area contributed by atoms with Gasteiger partial charge in [-0.15, -0.1) is 0 Å². The van der Waals surface area contributed by atoms with Crippen molar-refractivity contribution in [3.8, 4) is 11.4 Å². The van der Waals surface area contributed by atoms with Crippen molar-refractivity contribution in [1.29, 1.82) is 0 Å². The summed E-state index contributed by atoms with van der Waals surface area (Å²) >= 11 is 7.57. The summed E-state index contributed by atoms with van der Waals surface area (Å²) in [5.74, 6) is -0.672. The lowest BCUT2D eigenvalue weighted by atomic mass is 10.0. The summed E-state index contributed by atoms with van der Waals surface area (Å²) in [5.41, 5.74) is 1.41. The maximum absolute atomic E-state index is 12.5. The predicted octanol–water partition coefficient (Wildman–Crippen LogP) is 1.60. The average Bonchev–Trinajstić information content (AvgIpc) is 2.81. The lowest BCUT2D eigenvalue weighted by molar-refractivity contribution is -0.128. The molecule has 1 aliphatic heterocycles. The van der Waals surface area contributed by atoms with Crippen molar-refractivity contribution >= 4 is 45.2 Å². The normalized spacial score (nSPS) is 17.0. The molecule has 2 aromatic heterocycles. The van der Waals surface area contributed by atoms with Gasteiger partial charge in [-0.25, -0.2) is 23.4 Å². The lowest BCUT2D eigenvalue weighted by Gasteiger charge is -2.40. The molecule has 1 N–H and O–H groups in total. The zero-order valence-corrected chi connectivity index (χ0v) is 20.7. The Labute approximate surface area is 201 Å². The van der Waals surface area contributed by atoms with Gasteiger partial charge in [-0.05, 0) is 36.1 Å². The molecule has 0 unspecified atom stereocenters. The quantitative estimate of drug-likeness (QED) is 0.269. The van der Waals surface area contributed by atoms with E-state index in [2.05, 4.69) is 26.8 Å². The Morgan fingerprint density at radius 1 is 1.21 bits per heavy atom. The maximum Gasteiger partial charge on any atom is 0.269 e. The van der Waals surface area contributed by atoms with E-state index in [-0.39, 0.29) is 42.3 Å². The standard InChI is InChI=1S/C20H23ClN6O4S2/c1-5-18(28)26-6-7-27(33(4,30)31)16(11-26)12-8-13(23-17(21)9-12)14-10-15(19(29)22-2)25-20(24-14)32-3/h5,8-10,16H,1,6-7,11H2,2-4H3,(H,22,29)/t16-/m1/s1. The highest BCUT2D eigenvalue weighted by molar-refractivity contribution is 7.98. The van der Waals surface area contributed by atoms with Crippen LogP contribution in [-0.4, -0.2) is 83.6 Å². The second kappa shape index (κ2) is 10.2. The van der Waals surface area contributed by atoms with Crippen molar-refractivity contribution < 1.29 is 18.0 Å². The van der Waals surface area contributed by atoms with Gasteiger partial charge in [0.1, 0.15) is 10.8 Å². The molecule has 1 atom stereocenters. The van der Waals surface area contributed by atoms with E-state index in [1.807, 2.05) is 0 Å². The lowest BCUT2D eigenvalue weighted by Crippen LogP contribution is -2.51. The smallest absolute Gasteiger partial charge is 0.269 e. The highest BCUT2D eigenvalue weighted by Crippen LogP contribution is 2.32. The first-order chi connectivity index (χ1) is 15.6. The van der Waals surface area contributed by atoms with Gasteiger partial charge in [-0.2, -0.15) is 4.31 Å². The van der Waals surface area contributed by atoms with Crippen LogP contribution in [0.25, 0.3) is 11.4 Å². The number of hydrogen-bond donors (Lipinski definition) is 1. The Hall–Kier alpha value is -2.54. The third kappa shape index (κ3) is 5.69. The first-order valence-electron chi connectivity index (χ1n) is 9.78. The number of nitrogens with one attached hydrogen (secondary N) is 1. The monoisotopic (exact) mass is 510 g/mol. The molecule has 0 radical (unpaired) electrons. The maximum atomic E-state index is 12.5. The van der Waals surface area contributed by atoms with E-state index in [9.17, 15) is 18.0 Å². The van der Waals surface area contributed by atoms with Crippen LogP contribution in [0.5, 0.6) is 0 Å². The summed E-state index contributed by atoms with van der Waals surface area (Å²) in [6.07, 6.45) is 4.10. The number of amides is 2. The SMILES string of the molecule is C=CC(=O)N1CCN(S(C)(=O)=O)[C@@H](c2cc(Cl)nc(-c3cc(C(=O)NC)nc(SC)n3)c2)C1. The average molecular weight is 511 g/mol. The summed E-state index contributed by atoms with van der Waals surface area (Å²) in [6, 6.07) is 4.03. The van der Waals surface area contributed by atoms with Crippen molar-refractivity contribution in [2.75, 3.05) is 39.2 Å². The molecule has 1 saturated heterocycles. The van der Waals surface area contributed by atoms with Gasteiger partial charge >= 0.3 is 0 Å². The molecule has 0 aliphatic carbocycles. The molecule has 3 rings (SSSR count). The molecule has 2 aromatic rings. The summed E-state index contributed by atoms with van der Waals surface area (Å²) in [6.45, 7) is 4.01. The van der Waals surface area contributed by atoms with Crippen LogP contribution in [0.1, 0.15) is 22.1 Å². The number of sulfonamides is 1. The zero-order valence-electron chi connectivity index (χ0n) is 18.3. The van der Waals surface area contributed by atoms with E-state index in [0.717, 1.165) is 6.26 Å². The minimum Gasteiger partial charge on any atom is -0.354 e. The number of piperazine rings is 1. The molecule has 0 spiro atoms. The van der Waals surface area contributed by atoms with Gasteiger partial charge in [0.2, 0.25) is 15.9 Å². The van der Waals surface area contributed by atoms with Crippen molar-refractivity contribution in [3.63, 3.8) is 0 Å². The van der Waals surface area contributed by atoms with Gasteiger partial charge in [0.15, 0.2) is 5.16 Å². The summed E-state index contributed by atoms with van der Waals surface area (Å²) in [4.78, 5) is 38.9. The topological polar surface area (TPSA) is 125 Å². The van der Waals surface area contributed by atoms with E-state index in [0.29, 0.717) is 22.1 Å². The van der Waals surface area contributed by atoms with Crippen LogP contribution in [-0.2, 0) is 14.8 Å². The number of thioether (sulfide) groups is 1. The van der Waals surface area contributed by atoms with Crippen molar-refractivity contribution in [2.45, 2.75) is 11.2 Å². The molecule has 10 nitrogen and oxygen atoms in total. The van der Waals surface area contributed by atoms with Gasteiger partial charge in [-0.1, -0.05) is 29.9 Å².